The molecule has 0 saturated carbocycles. The number of anilines is 1. The maximum Gasteiger partial charge on any atom is 0.251 e. The number of ether oxygens (including phenoxy) is 3. The molecule has 4 rings (SSSR count). The van der Waals surface area contributed by atoms with Gasteiger partial charge in [-0.3, -0.25) is 9.59 Å². The molecule has 164 valence electrons. The maximum atomic E-state index is 12.8. The van der Waals surface area contributed by atoms with Crippen LogP contribution in [0.1, 0.15) is 44.6 Å². The van der Waals surface area contributed by atoms with Crippen LogP contribution >= 0.6 is 0 Å². The van der Waals surface area contributed by atoms with Crippen LogP contribution in [0, 0.1) is 0 Å². The molecule has 2 aliphatic rings. The van der Waals surface area contributed by atoms with E-state index in [4.69, 9.17) is 14.2 Å². The number of rotatable bonds is 10. The van der Waals surface area contributed by atoms with E-state index in [0.29, 0.717) is 24.6 Å². The Morgan fingerprint density at radius 3 is 2.65 bits per heavy atom. The fourth-order valence-electron chi connectivity index (χ4n) is 3.76. The van der Waals surface area contributed by atoms with Crippen LogP contribution in [0.15, 0.2) is 42.5 Å². The van der Waals surface area contributed by atoms with Crippen molar-refractivity contribution in [2.75, 3.05) is 18.3 Å². The van der Waals surface area contributed by atoms with Gasteiger partial charge in [0.25, 0.3) is 5.91 Å². The summed E-state index contributed by atoms with van der Waals surface area (Å²) >= 11 is 0. The molecular weight excluding hydrogens is 396 g/mol. The van der Waals surface area contributed by atoms with Crippen LogP contribution in [0.2, 0.25) is 0 Å². The zero-order valence-electron chi connectivity index (χ0n) is 17.8. The minimum absolute atomic E-state index is 0.138. The van der Waals surface area contributed by atoms with Crippen molar-refractivity contribution in [3.63, 3.8) is 0 Å². The van der Waals surface area contributed by atoms with Gasteiger partial charge in [0.05, 0.1) is 24.8 Å². The number of nitrogens with one attached hydrogen (secondary N) is 1. The molecular formula is C24H28N2O5. The molecule has 0 aliphatic carbocycles. The molecule has 0 spiro atoms. The zero-order valence-corrected chi connectivity index (χ0v) is 17.8. The van der Waals surface area contributed by atoms with Crippen LogP contribution < -0.4 is 24.4 Å². The lowest BCUT2D eigenvalue weighted by molar-refractivity contribution is -0.121. The van der Waals surface area contributed by atoms with E-state index in [2.05, 4.69) is 12.2 Å². The fourth-order valence-corrected chi connectivity index (χ4v) is 3.76. The molecule has 1 saturated heterocycles. The standard InChI is InChI=1S/C24H28N2O5/c1-2-3-4-5-12-29-19-9-7-18(8-10-19)26-23(27)14-20(24(26)28)25-15-17-6-11-21-22(13-17)31-16-30-21/h6-11,13,20,25H,2-5,12,14-16H2,1H3/t20-/m1/s1. The molecule has 7 heteroatoms. The Bertz CT molecular complexity index is 928. The second-order valence-corrected chi connectivity index (χ2v) is 7.80. The Labute approximate surface area is 182 Å². The SMILES string of the molecule is CCCCCCOc1ccc(N2C(=O)C[C@@H](NCc3ccc4c(c3)OCO4)C2=O)cc1. The van der Waals surface area contributed by atoms with Crippen molar-refractivity contribution in [2.45, 2.75) is 51.6 Å². The van der Waals surface area contributed by atoms with Crippen molar-refractivity contribution in [1.82, 2.24) is 5.32 Å². The van der Waals surface area contributed by atoms with Crippen LogP contribution in [0.3, 0.4) is 0 Å². The van der Waals surface area contributed by atoms with E-state index in [1.807, 2.05) is 30.3 Å². The molecule has 0 aromatic heterocycles. The average Bonchev–Trinajstić information content (AvgIpc) is 3.36. The van der Waals surface area contributed by atoms with Gasteiger partial charge >= 0.3 is 0 Å². The first-order chi connectivity index (χ1) is 15.2. The normalized spacial score (nSPS) is 17.5. The highest BCUT2D eigenvalue weighted by atomic mass is 16.7. The van der Waals surface area contributed by atoms with E-state index in [1.165, 1.54) is 17.7 Å². The molecule has 31 heavy (non-hydrogen) atoms. The van der Waals surface area contributed by atoms with Crippen molar-refractivity contribution in [1.29, 1.82) is 0 Å². The number of carbonyl (C=O) groups is 2. The summed E-state index contributed by atoms with van der Waals surface area (Å²) in [5.74, 6) is 1.72. The fraction of sp³-hybridized carbons (Fsp3) is 0.417. The van der Waals surface area contributed by atoms with Gasteiger partial charge in [0.1, 0.15) is 5.75 Å². The lowest BCUT2D eigenvalue weighted by Gasteiger charge is -2.16. The Hall–Kier alpha value is -3.06. The molecule has 1 N–H and O–H groups in total. The average molecular weight is 424 g/mol. The summed E-state index contributed by atoms with van der Waals surface area (Å²) < 4.78 is 16.4. The van der Waals surface area contributed by atoms with Crippen LogP contribution in [0.4, 0.5) is 5.69 Å². The van der Waals surface area contributed by atoms with Crippen molar-refractivity contribution in [2.24, 2.45) is 0 Å². The number of unbranched alkanes of at least 4 members (excludes halogenated alkanes) is 3. The summed E-state index contributed by atoms with van der Waals surface area (Å²) in [7, 11) is 0. The van der Waals surface area contributed by atoms with Gasteiger partial charge in [0, 0.05) is 6.54 Å². The van der Waals surface area contributed by atoms with Gasteiger partial charge < -0.3 is 19.5 Å². The first kappa shape index (κ1) is 21.2. The van der Waals surface area contributed by atoms with Gasteiger partial charge in [-0.2, -0.15) is 0 Å². The monoisotopic (exact) mass is 424 g/mol. The van der Waals surface area contributed by atoms with Crippen molar-refractivity contribution < 1.29 is 23.8 Å². The maximum absolute atomic E-state index is 12.8. The van der Waals surface area contributed by atoms with Gasteiger partial charge in [0.2, 0.25) is 12.7 Å². The summed E-state index contributed by atoms with van der Waals surface area (Å²) in [6, 6.07) is 12.2. The van der Waals surface area contributed by atoms with Crippen molar-refractivity contribution in [3.05, 3.63) is 48.0 Å². The number of carbonyl (C=O) groups excluding carboxylic acids is 2. The minimum atomic E-state index is -0.549. The van der Waals surface area contributed by atoms with E-state index in [1.54, 1.807) is 12.1 Å². The Kier molecular flexibility index (Phi) is 6.72. The third-order valence-electron chi connectivity index (χ3n) is 5.50. The Balaban J connectivity index is 1.31. The minimum Gasteiger partial charge on any atom is -0.494 e. The summed E-state index contributed by atoms with van der Waals surface area (Å²) in [5.41, 5.74) is 1.53. The number of fused-ring (bicyclic) bond motifs is 1. The lowest BCUT2D eigenvalue weighted by Crippen LogP contribution is -2.38. The van der Waals surface area contributed by atoms with Crippen LogP contribution in [0.5, 0.6) is 17.2 Å². The highest BCUT2D eigenvalue weighted by Crippen LogP contribution is 2.32. The lowest BCUT2D eigenvalue weighted by atomic mass is 10.1. The van der Waals surface area contributed by atoms with Crippen LogP contribution in [-0.4, -0.2) is 31.3 Å². The Morgan fingerprint density at radius 2 is 1.84 bits per heavy atom. The summed E-state index contributed by atoms with van der Waals surface area (Å²) in [6.07, 6.45) is 4.73. The second-order valence-electron chi connectivity index (χ2n) is 7.80. The largest absolute Gasteiger partial charge is 0.494 e. The third-order valence-corrected chi connectivity index (χ3v) is 5.50. The van der Waals surface area contributed by atoms with Crippen molar-refractivity contribution in [3.8, 4) is 17.2 Å². The van der Waals surface area contributed by atoms with Gasteiger partial charge in [-0.25, -0.2) is 4.90 Å². The molecule has 0 unspecified atom stereocenters. The van der Waals surface area contributed by atoms with Crippen LogP contribution in [-0.2, 0) is 16.1 Å². The zero-order chi connectivity index (χ0) is 21.6. The molecule has 1 fully saturated rings. The molecule has 2 heterocycles. The molecule has 7 nitrogen and oxygen atoms in total. The van der Waals surface area contributed by atoms with E-state index in [0.717, 1.165) is 29.9 Å². The summed E-state index contributed by atoms with van der Waals surface area (Å²) in [6.45, 7) is 3.53. The highest BCUT2D eigenvalue weighted by molar-refractivity contribution is 6.22. The topological polar surface area (TPSA) is 77.1 Å². The number of imide groups is 1. The predicted octanol–water partition coefficient (Wildman–Crippen LogP) is 3.80. The first-order valence-corrected chi connectivity index (χ1v) is 10.9. The molecule has 0 bridgehead atoms. The Morgan fingerprint density at radius 1 is 1.03 bits per heavy atom. The van der Waals surface area contributed by atoms with E-state index in [-0.39, 0.29) is 25.0 Å². The number of nitrogens with zero attached hydrogens (tertiary/aromatic N) is 1. The van der Waals surface area contributed by atoms with Crippen LogP contribution in [0.25, 0.3) is 0 Å². The molecule has 2 aromatic carbocycles. The van der Waals surface area contributed by atoms with E-state index in [9.17, 15) is 9.59 Å². The predicted molar refractivity (Wildman–Crippen MR) is 116 cm³/mol. The van der Waals surface area contributed by atoms with E-state index < -0.39 is 6.04 Å². The van der Waals surface area contributed by atoms with Crippen molar-refractivity contribution >= 4 is 17.5 Å². The number of benzene rings is 2. The molecule has 2 aromatic rings. The molecule has 2 amide bonds. The smallest absolute Gasteiger partial charge is 0.251 e. The summed E-state index contributed by atoms with van der Waals surface area (Å²) in [4.78, 5) is 26.6. The molecule has 2 aliphatic heterocycles. The quantitative estimate of drug-likeness (QED) is 0.462. The first-order valence-electron chi connectivity index (χ1n) is 10.9. The van der Waals surface area contributed by atoms with Gasteiger partial charge in [-0.15, -0.1) is 0 Å². The molecule has 0 radical (unpaired) electrons. The molecule has 1 atom stereocenters. The third kappa shape index (κ3) is 4.99. The highest BCUT2D eigenvalue weighted by Gasteiger charge is 2.39. The summed E-state index contributed by atoms with van der Waals surface area (Å²) in [5, 5.41) is 3.19. The van der Waals surface area contributed by atoms with Gasteiger partial charge in [0.15, 0.2) is 11.5 Å². The van der Waals surface area contributed by atoms with E-state index >= 15 is 0 Å². The number of amides is 2. The number of hydrogen-bond donors (Lipinski definition) is 1. The van der Waals surface area contributed by atoms with Gasteiger partial charge in [-0.1, -0.05) is 32.3 Å². The van der Waals surface area contributed by atoms with Gasteiger partial charge in [-0.05, 0) is 48.4 Å². The second kappa shape index (κ2) is 9.83. The number of hydrogen-bond acceptors (Lipinski definition) is 6.